The van der Waals surface area contributed by atoms with Crippen LogP contribution in [0.3, 0.4) is 0 Å². The summed E-state index contributed by atoms with van der Waals surface area (Å²) >= 11 is 5.79. The van der Waals surface area contributed by atoms with Crippen molar-refractivity contribution in [1.82, 2.24) is 4.90 Å². The molecule has 1 heterocycles. The summed E-state index contributed by atoms with van der Waals surface area (Å²) in [4.78, 5) is 13.9. The van der Waals surface area contributed by atoms with Gasteiger partial charge in [-0.3, -0.25) is 9.69 Å². The molecule has 1 fully saturated rings. The van der Waals surface area contributed by atoms with Gasteiger partial charge in [0, 0.05) is 23.3 Å². The van der Waals surface area contributed by atoms with Gasteiger partial charge in [0.25, 0.3) is 0 Å². The summed E-state index contributed by atoms with van der Waals surface area (Å²) in [7, 11) is 0. The van der Waals surface area contributed by atoms with Gasteiger partial charge in [-0.15, -0.1) is 0 Å². The molecule has 1 aliphatic heterocycles. The third-order valence-electron chi connectivity index (χ3n) is 3.04. The minimum absolute atomic E-state index is 0.00794. The molecule has 1 saturated heterocycles. The van der Waals surface area contributed by atoms with E-state index in [1.165, 1.54) is 0 Å². The first kappa shape index (κ1) is 13.3. The van der Waals surface area contributed by atoms with E-state index in [4.69, 9.17) is 17.3 Å². The quantitative estimate of drug-likeness (QED) is 0.876. The number of nitrogens with zero attached hydrogens (tertiary/aromatic N) is 1. The lowest BCUT2D eigenvalue weighted by Crippen LogP contribution is -2.45. The lowest BCUT2D eigenvalue weighted by atomic mass is 10.1. The van der Waals surface area contributed by atoms with E-state index >= 15 is 0 Å². The number of amides is 1. The molecule has 4 nitrogen and oxygen atoms in total. The predicted octanol–water partition coefficient (Wildman–Crippen LogP) is 1.70. The highest BCUT2D eigenvalue weighted by Gasteiger charge is 2.18. The number of hydrogen-bond donors (Lipinski definition) is 2. The lowest BCUT2D eigenvalue weighted by molar-refractivity contribution is -0.117. The molecule has 0 aromatic heterocycles. The van der Waals surface area contributed by atoms with E-state index in [2.05, 4.69) is 10.2 Å². The van der Waals surface area contributed by atoms with Crippen LogP contribution in [0.4, 0.5) is 5.69 Å². The summed E-state index contributed by atoms with van der Waals surface area (Å²) in [6.45, 7) is 2.14. The molecule has 2 rings (SSSR count). The predicted molar refractivity (Wildman–Crippen MR) is 73.7 cm³/mol. The number of piperidine rings is 1. The molecular formula is C13H18ClN3O. The minimum Gasteiger partial charge on any atom is -0.327 e. The highest BCUT2D eigenvalue weighted by Crippen LogP contribution is 2.13. The van der Waals surface area contributed by atoms with Gasteiger partial charge in [0.1, 0.15) is 0 Å². The summed E-state index contributed by atoms with van der Waals surface area (Å²) in [5.41, 5.74) is 6.65. The first-order valence-electron chi connectivity index (χ1n) is 6.17. The molecule has 98 valence electrons. The summed E-state index contributed by atoms with van der Waals surface area (Å²) in [6.07, 6.45) is 2.12. The van der Waals surface area contributed by atoms with Crippen molar-refractivity contribution in [1.29, 1.82) is 0 Å². The van der Waals surface area contributed by atoms with Crippen LogP contribution in [-0.2, 0) is 4.79 Å². The molecule has 0 bridgehead atoms. The van der Waals surface area contributed by atoms with E-state index in [0.717, 1.165) is 31.6 Å². The van der Waals surface area contributed by atoms with Crippen molar-refractivity contribution in [3.8, 4) is 0 Å². The van der Waals surface area contributed by atoms with Gasteiger partial charge in [-0.05, 0) is 43.7 Å². The fourth-order valence-corrected chi connectivity index (χ4v) is 2.30. The van der Waals surface area contributed by atoms with Gasteiger partial charge in [-0.25, -0.2) is 0 Å². The monoisotopic (exact) mass is 267 g/mol. The maximum atomic E-state index is 11.8. The third kappa shape index (κ3) is 3.98. The Hall–Kier alpha value is -1.10. The van der Waals surface area contributed by atoms with Crippen LogP contribution >= 0.6 is 11.6 Å². The van der Waals surface area contributed by atoms with Crippen LogP contribution in [0, 0.1) is 0 Å². The summed E-state index contributed by atoms with van der Waals surface area (Å²) < 4.78 is 0. The number of halogens is 1. The molecule has 18 heavy (non-hydrogen) atoms. The van der Waals surface area contributed by atoms with Gasteiger partial charge in [-0.1, -0.05) is 11.6 Å². The van der Waals surface area contributed by atoms with Crippen molar-refractivity contribution in [2.45, 2.75) is 18.9 Å². The topological polar surface area (TPSA) is 58.4 Å². The van der Waals surface area contributed by atoms with E-state index in [9.17, 15) is 4.79 Å². The summed E-state index contributed by atoms with van der Waals surface area (Å²) in [5, 5.41) is 3.51. The zero-order chi connectivity index (χ0) is 13.0. The van der Waals surface area contributed by atoms with E-state index in [0.29, 0.717) is 11.6 Å². The molecule has 0 radical (unpaired) electrons. The molecule has 0 saturated carbocycles. The molecule has 1 aromatic rings. The van der Waals surface area contributed by atoms with E-state index < -0.39 is 0 Å². The maximum absolute atomic E-state index is 11.8. The van der Waals surface area contributed by atoms with Crippen LogP contribution in [0.2, 0.25) is 5.02 Å². The van der Waals surface area contributed by atoms with Crippen molar-refractivity contribution in [2.75, 3.05) is 25.0 Å². The minimum atomic E-state index is -0.00794. The Balaban J connectivity index is 1.83. The number of benzene rings is 1. The number of anilines is 1. The van der Waals surface area contributed by atoms with Crippen molar-refractivity contribution in [3.05, 3.63) is 29.3 Å². The second kappa shape index (κ2) is 6.18. The molecule has 1 atom stereocenters. The van der Waals surface area contributed by atoms with Crippen LogP contribution < -0.4 is 11.1 Å². The molecule has 3 N–H and O–H groups in total. The fourth-order valence-electron chi connectivity index (χ4n) is 2.17. The number of nitrogens with one attached hydrogen (secondary N) is 1. The normalized spacial score (nSPS) is 20.7. The largest absolute Gasteiger partial charge is 0.327 e. The maximum Gasteiger partial charge on any atom is 0.238 e. The Bertz CT molecular complexity index is 407. The fraction of sp³-hybridized carbons (Fsp3) is 0.462. The van der Waals surface area contributed by atoms with Crippen LogP contribution in [0.15, 0.2) is 24.3 Å². The first-order valence-corrected chi connectivity index (χ1v) is 6.54. The summed E-state index contributed by atoms with van der Waals surface area (Å²) in [6, 6.07) is 7.30. The van der Waals surface area contributed by atoms with Gasteiger partial charge in [0.15, 0.2) is 0 Å². The average molecular weight is 268 g/mol. The van der Waals surface area contributed by atoms with Gasteiger partial charge in [0.05, 0.1) is 6.54 Å². The SMILES string of the molecule is N[C@@H]1CCCN(CC(=O)Nc2ccc(Cl)cc2)C1. The lowest BCUT2D eigenvalue weighted by Gasteiger charge is -2.29. The Labute approximate surface area is 112 Å². The molecular weight excluding hydrogens is 250 g/mol. The number of carbonyl (C=O) groups excluding carboxylic acids is 1. The van der Waals surface area contributed by atoms with E-state index in [-0.39, 0.29) is 11.9 Å². The third-order valence-corrected chi connectivity index (χ3v) is 3.29. The Kier molecular flexibility index (Phi) is 4.58. The number of nitrogens with two attached hydrogens (primary N) is 1. The van der Waals surface area contributed by atoms with Crippen molar-refractivity contribution >= 4 is 23.2 Å². The second-order valence-corrected chi connectivity index (χ2v) is 5.13. The first-order chi connectivity index (χ1) is 8.63. The number of rotatable bonds is 3. The zero-order valence-corrected chi connectivity index (χ0v) is 11.0. The Morgan fingerprint density at radius 2 is 2.17 bits per heavy atom. The number of carbonyl (C=O) groups is 1. The molecule has 0 spiro atoms. The number of likely N-dealkylation sites (tertiary alicyclic amines) is 1. The molecule has 1 aromatic carbocycles. The molecule has 0 unspecified atom stereocenters. The van der Waals surface area contributed by atoms with Crippen molar-refractivity contribution in [2.24, 2.45) is 5.73 Å². The second-order valence-electron chi connectivity index (χ2n) is 4.69. The van der Waals surface area contributed by atoms with Gasteiger partial charge in [-0.2, -0.15) is 0 Å². The van der Waals surface area contributed by atoms with E-state index in [1.807, 2.05) is 0 Å². The van der Waals surface area contributed by atoms with Gasteiger partial charge in [0.2, 0.25) is 5.91 Å². The van der Waals surface area contributed by atoms with Gasteiger partial charge >= 0.3 is 0 Å². The van der Waals surface area contributed by atoms with Crippen molar-refractivity contribution < 1.29 is 4.79 Å². The average Bonchev–Trinajstić information content (AvgIpc) is 2.32. The molecule has 0 aliphatic carbocycles. The van der Waals surface area contributed by atoms with Crippen LogP contribution in [0.5, 0.6) is 0 Å². The smallest absolute Gasteiger partial charge is 0.238 e. The van der Waals surface area contributed by atoms with Crippen molar-refractivity contribution in [3.63, 3.8) is 0 Å². The Morgan fingerprint density at radius 3 is 2.83 bits per heavy atom. The van der Waals surface area contributed by atoms with Crippen LogP contribution in [0.1, 0.15) is 12.8 Å². The van der Waals surface area contributed by atoms with E-state index in [1.54, 1.807) is 24.3 Å². The zero-order valence-electron chi connectivity index (χ0n) is 10.2. The number of hydrogen-bond acceptors (Lipinski definition) is 3. The highest BCUT2D eigenvalue weighted by atomic mass is 35.5. The summed E-state index contributed by atoms with van der Waals surface area (Å²) in [5.74, 6) is -0.00794. The Morgan fingerprint density at radius 1 is 1.44 bits per heavy atom. The highest BCUT2D eigenvalue weighted by molar-refractivity contribution is 6.30. The van der Waals surface area contributed by atoms with Crippen LogP contribution in [0.25, 0.3) is 0 Å². The van der Waals surface area contributed by atoms with Gasteiger partial charge < -0.3 is 11.1 Å². The van der Waals surface area contributed by atoms with Crippen LogP contribution in [-0.4, -0.2) is 36.5 Å². The molecule has 1 aliphatic rings. The molecule has 5 heteroatoms. The molecule has 1 amide bonds. The standard InChI is InChI=1S/C13H18ClN3O/c14-10-3-5-12(6-4-10)16-13(18)9-17-7-1-2-11(15)8-17/h3-6,11H,1-2,7-9,15H2,(H,16,18)/t11-/m1/s1.